The average Bonchev–Trinajstić information content (AvgIpc) is 3.04. The predicted octanol–water partition coefficient (Wildman–Crippen LogP) is 0.999. The number of para-hydroxylation sites is 2. The van der Waals surface area contributed by atoms with Crippen molar-refractivity contribution in [3.63, 3.8) is 0 Å². The van der Waals surface area contributed by atoms with Gasteiger partial charge in [-0.3, -0.25) is 24.4 Å². The van der Waals surface area contributed by atoms with Crippen molar-refractivity contribution in [3.05, 3.63) is 34.4 Å². The molecule has 25 heavy (non-hydrogen) atoms. The Morgan fingerprint density at radius 2 is 1.92 bits per heavy atom. The van der Waals surface area contributed by atoms with Crippen molar-refractivity contribution >= 4 is 22.6 Å². The molecule has 2 saturated heterocycles. The molecule has 0 spiro atoms. The lowest BCUT2D eigenvalue weighted by atomic mass is 10.1. The maximum absolute atomic E-state index is 11.0. The molecular formula is C15H23N4O5S-. The lowest BCUT2D eigenvalue weighted by Crippen LogP contribution is -2.39. The summed E-state index contributed by atoms with van der Waals surface area (Å²) in [6.45, 7) is 3.71. The standard InChI is InChI=1S/C15H21N3O3.H3NO2S/c19-18(20)15-4-2-1-3-14(15)16-12-5-8-17(11-12)13-6-9-21-10-7-13;1-4(2)3/h1-4,12-13,16H,5-11H2;1H2,(H,2,3)/p-1/t12-;/m1./s1. The van der Waals surface area contributed by atoms with Crippen molar-refractivity contribution in [1.29, 1.82) is 0 Å². The van der Waals surface area contributed by atoms with Crippen LogP contribution in [-0.2, 0) is 16.0 Å². The van der Waals surface area contributed by atoms with Crippen LogP contribution in [0, 0.1) is 10.1 Å². The molecule has 2 aliphatic rings. The fraction of sp³-hybridized carbons (Fsp3) is 0.600. The third kappa shape index (κ3) is 6.33. The molecule has 2 atom stereocenters. The predicted molar refractivity (Wildman–Crippen MR) is 93.6 cm³/mol. The first kappa shape index (κ1) is 19.7. The van der Waals surface area contributed by atoms with E-state index in [1.165, 1.54) is 0 Å². The van der Waals surface area contributed by atoms with E-state index in [0.29, 0.717) is 11.7 Å². The molecule has 0 aliphatic carbocycles. The summed E-state index contributed by atoms with van der Waals surface area (Å²) in [5.41, 5.74) is 0.781. The molecule has 140 valence electrons. The van der Waals surface area contributed by atoms with Gasteiger partial charge in [-0.2, -0.15) is 0 Å². The number of ether oxygens (including phenoxy) is 1. The van der Waals surface area contributed by atoms with Crippen LogP contribution in [0.15, 0.2) is 24.3 Å². The highest BCUT2D eigenvalue weighted by Crippen LogP contribution is 2.27. The number of hydrogen-bond donors (Lipinski definition) is 2. The average molecular weight is 371 g/mol. The summed E-state index contributed by atoms with van der Waals surface area (Å²) in [5.74, 6) is 0. The van der Waals surface area contributed by atoms with E-state index in [0.717, 1.165) is 45.6 Å². The highest BCUT2D eigenvalue weighted by atomic mass is 32.2. The zero-order valence-corrected chi connectivity index (χ0v) is 14.7. The van der Waals surface area contributed by atoms with Crippen LogP contribution in [0.2, 0.25) is 0 Å². The largest absolute Gasteiger partial charge is 0.760 e. The molecule has 0 radical (unpaired) electrons. The first-order valence-electron chi connectivity index (χ1n) is 8.12. The second kappa shape index (κ2) is 9.78. The number of nitro benzene ring substituents is 1. The summed E-state index contributed by atoms with van der Waals surface area (Å²) in [6, 6.07) is 7.76. The monoisotopic (exact) mass is 371 g/mol. The van der Waals surface area contributed by atoms with Crippen molar-refractivity contribution in [1.82, 2.24) is 4.90 Å². The van der Waals surface area contributed by atoms with Crippen LogP contribution in [0.5, 0.6) is 0 Å². The van der Waals surface area contributed by atoms with Gasteiger partial charge in [-0.05, 0) is 25.3 Å². The van der Waals surface area contributed by atoms with Gasteiger partial charge in [-0.15, -0.1) is 0 Å². The molecule has 1 aromatic rings. The molecule has 3 rings (SSSR count). The van der Waals surface area contributed by atoms with Gasteiger partial charge in [-0.25, -0.2) is 0 Å². The van der Waals surface area contributed by atoms with Gasteiger partial charge in [0.2, 0.25) is 0 Å². The Kier molecular flexibility index (Phi) is 7.72. The summed E-state index contributed by atoms with van der Waals surface area (Å²) in [7, 11) is 0. The molecule has 10 heteroatoms. The van der Waals surface area contributed by atoms with Gasteiger partial charge in [-0.1, -0.05) is 12.1 Å². The maximum Gasteiger partial charge on any atom is 0.292 e. The zero-order chi connectivity index (χ0) is 18.2. The van der Waals surface area contributed by atoms with E-state index in [-0.39, 0.29) is 16.7 Å². The van der Waals surface area contributed by atoms with E-state index in [1.54, 1.807) is 18.2 Å². The van der Waals surface area contributed by atoms with E-state index in [2.05, 4.69) is 15.4 Å². The Labute approximate surface area is 149 Å². The van der Waals surface area contributed by atoms with Gasteiger partial charge >= 0.3 is 0 Å². The molecule has 3 N–H and O–H groups in total. The van der Waals surface area contributed by atoms with Crippen molar-refractivity contribution in [2.24, 2.45) is 5.14 Å². The molecular weight excluding hydrogens is 348 g/mol. The Morgan fingerprint density at radius 3 is 2.56 bits per heavy atom. The van der Waals surface area contributed by atoms with Crippen molar-refractivity contribution in [3.8, 4) is 0 Å². The van der Waals surface area contributed by atoms with Crippen LogP contribution in [0.25, 0.3) is 0 Å². The third-order valence-electron chi connectivity index (χ3n) is 4.39. The van der Waals surface area contributed by atoms with E-state index in [9.17, 15) is 10.1 Å². The molecule has 0 aromatic heterocycles. The normalized spacial score (nSPS) is 22.7. The van der Waals surface area contributed by atoms with Crippen LogP contribution >= 0.6 is 0 Å². The van der Waals surface area contributed by atoms with Gasteiger partial charge in [0.15, 0.2) is 0 Å². The molecule has 9 nitrogen and oxygen atoms in total. The third-order valence-corrected chi connectivity index (χ3v) is 4.39. The second-order valence-corrected chi connectivity index (χ2v) is 6.52. The van der Waals surface area contributed by atoms with Crippen LogP contribution in [0.1, 0.15) is 19.3 Å². The summed E-state index contributed by atoms with van der Waals surface area (Å²) in [5, 5.41) is 18.4. The number of benzene rings is 1. The molecule has 0 saturated carbocycles. The van der Waals surface area contributed by atoms with Crippen molar-refractivity contribution in [2.45, 2.75) is 31.3 Å². The number of likely N-dealkylation sites (tertiary alicyclic amines) is 1. The minimum absolute atomic E-state index is 0.155. The highest BCUT2D eigenvalue weighted by Gasteiger charge is 2.30. The SMILES string of the molecule is NS(=O)[O-].O=[N+]([O-])c1ccccc1N[C@@H]1CCN(C2CCOCC2)C1. The Balaban J connectivity index is 0.000000511. The Morgan fingerprint density at radius 1 is 1.28 bits per heavy atom. The number of anilines is 1. The van der Waals surface area contributed by atoms with Gasteiger partial charge < -0.3 is 14.6 Å². The topological polar surface area (TPSA) is 134 Å². The van der Waals surface area contributed by atoms with Gasteiger partial charge in [0.25, 0.3) is 5.69 Å². The first-order chi connectivity index (χ1) is 12.0. The fourth-order valence-electron chi connectivity index (χ4n) is 3.26. The first-order valence-corrected chi connectivity index (χ1v) is 9.26. The zero-order valence-electron chi connectivity index (χ0n) is 13.8. The van der Waals surface area contributed by atoms with Gasteiger partial charge in [0, 0.05) is 55.7 Å². The highest BCUT2D eigenvalue weighted by molar-refractivity contribution is 7.76. The van der Waals surface area contributed by atoms with E-state index >= 15 is 0 Å². The molecule has 2 heterocycles. The lowest BCUT2D eigenvalue weighted by molar-refractivity contribution is -0.384. The Hall–Kier alpha value is -1.59. The number of nitrogens with zero attached hydrogens (tertiary/aromatic N) is 2. The summed E-state index contributed by atoms with van der Waals surface area (Å²) < 4.78 is 23.0. The van der Waals surface area contributed by atoms with Gasteiger partial charge in [0.05, 0.1) is 4.92 Å². The number of hydrogen-bond acceptors (Lipinski definition) is 7. The lowest BCUT2D eigenvalue weighted by Gasteiger charge is -2.31. The number of rotatable bonds is 4. The van der Waals surface area contributed by atoms with E-state index < -0.39 is 11.3 Å². The minimum atomic E-state index is -2.36. The van der Waals surface area contributed by atoms with Crippen LogP contribution in [0.4, 0.5) is 11.4 Å². The fourth-order valence-corrected chi connectivity index (χ4v) is 3.26. The molecule has 1 aromatic carbocycles. The molecule has 0 bridgehead atoms. The molecule has 2 fully saturated rings. The van der Waals surface area contributed by atoms with Crippen LogP contribution in [-0.4, -0.2) is 57.0 Å². The van der Waals surface area contributed by atoms with Crippen molar-refractivity contribution < 1.29 is 18.4 Å². The summed E-state index contributed by atoms with van der Waals surface area (Å²) in [6.07, 6.45) is 3.22. The summed E-state index contributed by atoms with van der Waals surface area (Å²) in [4.78, 5) is 13.2. The maximum atomic E-state index is 11.0. The summed E-state index contributed by atoms with van der Waals surface area (Å²) >= 11 is -2.36. The molecule has 1 unspecified atom stereocenters. The van der Waals surface area contributed by atoms with Gasteiger partial charge in [0.1, 0.15) is 5.69 Å². The van der Waals surface area contributed by atoms with E-state index in [1.807, 2.05) is 6.07 Å². The quantitative estimate of drug-likeness (QED) is 0.458. The second-order valence-electron chi connectivity index (χ2n) is 6.00. The molecule has 0 amide bonds. The number of nitro groups is 1. The minimum Gasteiger partial charge on any atom is -0.760 e. The Bertz CT molecular complexity index is 593. The van der Waals surface area contributed by atoms with E-state index in [4.69, 9.17) is 13.5 Å². The van der Waals surface area contributed by atoms with Crippen molar-refractivity contribution in [2.75, 3.05) is 31.6 Å². The smallest absolute Gasteiger partial charge is 0.292 e. The number of nitrogens with two attached hydrogens (primary N) is 1. The van der Waals surface area contributed by atoms with Crippen LogP contribution < -0.4 is 10.5 Å². The van der Waals surface area contributed by atoms with Crippen LogP contribution in [0.3, 0.4) is 0 Å². The number of nitrogens with one attached hydrogen (secondary N) is 1. The molecule has 2 aliphatic heterocycles.